The van der Waals surface area contributed by atoms with Gasteiger partial charge in [-0.2, -0.15) is 0 Å². The van der Waals surface area contributed by atoms with Crippen molar-refractivity contribution in [2.24, 2.45) is 5.92 Å². The summed E-state index contributed by atoms with van der Waals surface area (Å²) in [5.74, 6) is 1.07. The van der Waals surface area contributed by atoms with Gasteiger partial charge in [0.05, 0.1) is 0 Å². The number of carbonyl (C=O) groups excluding carboxylic acids is 2. The highest BCUT2D eigenvalue weighted by Gasteiger charge is 2.30. The second-order valence-corrected chi connectivity index (χ2v) is 7.65. The standard InChI is InChI=1S/C20H27N3O2/c1-2-19(24)23-10-7-15-11-16(5-6-18(15)23)20(25)21-17-8-9-22(13-17)12-14-3-4-14/h5-6,11,14,17H,2-4,7-10,12-13H2,1H3,(H,21,25)/t17-/m0/s1. The Hall–Kier alpha value is -1.88. The molecule has 0 spiro atoms. The molecule has 2 amide bonds. The number of hydrogen-bond acceptors (Lipinski definition) is 3. The number of benzene rings is 1. The van der Waals surface area contributed by atoms with Crippen LogP contribution in [-0.4, -0.2) is 48.9 Å². The Balaban J connectivity index is 1.37. The van der Waals surface area contributed by atoms with Gasteiger partial charge in [0.25, 0.3) is 5.91 Å². The van der Waals surface area contributed by atoms with Gasteiger partial charge in [-0.15, -0.1) is 0 Å². The van der Waals surface area contributed by atoms with Crippen molar-refractivity contribution >= 4 is 17.5 Å². The highest BCUT2D eigenvalue weighted by Crippen LogP contribution is 2.31. The molecule has 3 aliphatic rings. The van der Waals surface area contributed by atoms with E-state index >= 15 is 0 Å². The first-order valence-corrected chi connectivity index (χ1v) is 9.60. The summed E-state index contributed by atoms with van der Waals surface area (Å²) in [6.07, 6.45) is 5.14. The van der Waals surface area contributed by atoms with E-state index in [0.29, 0.717) is 12.0 Å². The fourth-order valence-electron chi connectivity index (χ4n) is 4.04. The van der Waals surface area contributed by atoms with E-state index in [2.05, 4.69) is 10.2 Å². The first kappa shape index (κ1) is 16.6. The lowest BCUT2D eigenvalue weighted by Gasteiger charge is -2.17. The van der Waals surface area contributed by atoms with E-state index in [4.69, 9.17) is 0 Å². The van der Waals surface area contributed by atoms with Gasteiger partial charge < -0.3 is 15.1 Å². The Morgan fingerprint density at radius 2 is 2.04 bits per heavy atom. The van der Waals surface area contributed by atoms with Crippen molar-refractivity contribution in [3.05, 3.63) is 29.3 Å². The van der Waals surface area contributed by atoms with E-state index in [-0.39, 0.29) is 17.9 Å². The zero-order valence-corrected chi connectivity index (χ0v) is 15.0. The Morgan fingerprint density at radius 3 is 2.80 bits per heavy atom. The van der Waals surface area contributed by atoms with Crippen molar-refractivity contribution < 1.29 is 9.59 Å². The number of rotatable bonds is 5. The van der Waals surface area contributed by atoms with Crippen LogP contribution >= 0.6 is 0 Å². The molecule has 2 aliphatic heterocycles. The van der Waals surface area contributed by atoms with Crippen LogP contribution in [0.5, 0.6) is 0 Å². The highest BCUT2D eigenvalue weighted by atomic mass is 16.2. The SMILES string of the molecule is CCC(=O)N1CCc2cc(C(=O)N[C@H]3CCN(CC4CC4)C3)ccc21. The molecular weight excluding hydrogens is 314 g/mol. The summed E-state index contributed by atoms with van der Waals surface area (Å²) < 4.78 is 0. The molecule has 5 heteroatoms. The van der Waals surface area contributed by atoms with E-state index in [9.17, 15) is 9.59 Å². The minimum Gasteiger partial charge on any atom is -0.348 e. The number of amides is 2. The van der Waals surface area contributed by atoms with Gasteiger partial charge in [0, 0.05) is 49.9 Å². The lowest BCUT2D eigenvalue weighted by molar-refractivity contribution is -0.118. The second-order valence-electron chi connectivity index (χ2n) is 7.65. The molecule has 134 valence electrons. The van der Waals surface area contributed by atoms with Gasteiger partial charge in [0.1, 0.15) is 0 Å². The summed E-state index contributed by atoms with van der Waals surface area (Å²) in [5, 5.41) is 3.19. The molecule has 0 bridgehead atoms. The second kappa shape index (κ2) is 6.79. The normalized spacial score (nSPS) is 22.9. The van der Waals surface area contributed by atoms with Crippen LogP contribution in [0.4, 0.5) is 5.69 Å². The summed E-state index contributed by atoms with van der Waals surface area (Å²) in [6.45, 7) is 5.89. The summed E-state index contributed by atoms with van der Waals surface area (Å²) >= 11 is 0. The van der Waals surface area contributed by atoms with Crippen molar-refractivity contribution in [3.63, 3.8) is 0 Å². The third-order valence-corrected chi connectivity index (χ3v) is 5.66. The Labute approximate surface area is 149 Å². The fourth-order valence-corrected chi connectivity index (χ4v) is 4.04. The largest absolute Gasteiger partial charge is 0.348 e. The van der Waals surface area contributed by atoms with Gasteiger partial charge in [-0.25, -0.2) is 0 Å². The van der Waals surface area contributed by atoms with Crippen molar-refractivity contribution in [3.8, 4) is 0 Å². The minimum absolute atomic E-state index is 0.0151. The first-order chi connectivity index (χ1) is 12.1. The predicted octanol–water partition coefficient (Wildman–Crippen LogP) is 2.20. The van der Waals surface area contributed by atoms with Gasteiger partial charge >= 0.3 is 0 Å². The van der Waals surface area contributed by atoms with Gasteiger partial charge in [-0.05, 0) is 55.4 Å². The topological polar surface area (TPSA) is 52.7 Å². The maximum absolute atomic E-state index is 12.6. The number of nitrogens with one attached hydrogen (secondary N) is 1. The molecule has 1 saturated carbocycles. The molecule has 1 N–H and O–H groups in total. The number of fused-ring (bicyclic) bond motifs is 1. The number of nitrogens with zero attached hydrogens (tertiary/aromatic N) is 2. The molecule has 1 aliphatic carbocycles. The predicted molar refractivity (Wildman–Crippen MR) is 97.8 cm³/mol. The molecule has 0 unspecified atom stereocenters. The van der Waals surface area contributed by atoms with Crippen LogP contribution in [0.25, 0.3) is 0 Å². The zero-order valence-electron chi connectivity index (χ0n) is 15.0. The maximum Gasteiger partial charge on any atom is 0.251 e. The summed E-state index contributed by atoms with van der Waals surface area (Å²) in [6, 6.07) is 6.01. The van der Waals surface area contributed by atoms with Gasteiger partial charge in [0.15, 0.2) is 0 Å². The van der Waals surface area contributed by atoms with Gasteiger partial charge in [-0.1, -0.05) is 6.92 Å². The summed E-state index contributed by atoms with van der Waals surface area (Å²) in [5.41, 5.74) is 2.79. The van der Waals surface area contributed by atoms with E-state index in [1.54, 1.807) is 0 Å². The van der Waals surface area contributed by atoms with E-state index in [1.165, 1.54) is 19.4 Å². The quantitative estimate of drug-likeness (QED) is 0.893. The maximum atomic E-state index is 12.6. The Bertz CT molecular complexity index is 684. The van der Waals surface area contributed by atoms with Crippen LogP contribution < -0.4 is 10.2 Å². The highest BCUT2D eigenvalue weighted by molar-refractivity contribution is 5.98. The van der Waals surface area contributed by atoms with Gasteiger partial charge in [0.2, 0.25) is 5.91 Å². The molecule has 25 heavy (non-hydrogen) atoms. The molecule has 0 radical (unpaired) electrons. The lowest BCUT2D eigenvalue weighted by Crippen LogP contribution is -2.37. The zero-order chi connectivity index (χ0) is 17.4. The van der Waals surface area contributed by atoms with Crippen LogP contribution in [0.15, 0.2) is 18.2 Å². The Morgan fingerprint density at radius 1 is 1.20 bits per heavy atom. The van der Waals surface area contributed by atoms with E-state index in [0.717, 1.165) is 49.6 Å². The average Bonchev–Trinajstić information content (AvgIpc) is 3.16. The third-order valence-electron chi connectivity index (χ3n) is 5.66. The Kier molecular flexibility index (Phi) is 4.50. The van der Waals surface area contributed by atoms with Gasteiger partial charge in [-0.3, -0.25) is 9.59 Å². The molecule has 1 aromatic rings. The molecule has 1 aromatic carbocycles. The lowest BCUT2D eigenvalue weighted by atomic mass is 10.1. The van der Waals surface area contributed by atoms with Crippen LogP contribution in [0.1, 0.15) is 48.5 Å². The molecule has 2 heterocycles. The summed E-state index contributed by atoms with van der Waals surface area (Å²) in [7, 11) is 0. The summed E-state index contributed by atoms with van der Waals surface area (Å²) in [4.78, 5) is 28.9. The average molecular weight is 341 g/mol. The minimum atomic E-state index is 0.0151. The molecule has 5 nitrogen and oxygen atoms in total. The van der Waals surface area contributed by atoms with Crippen molar-refractivity contribution in [2.45, 2.75) is 45.1 Å². The first-order valence-electron chi connectivity index (χ1n) is 9.60. The van der Waals surface area contributed by atoms with Crippen LogP contribution in [0.2, 0.25) is 0 Å². The molecule has 4 rings (SSSR count). The van der Waals surface area contributed by atoms with Crippen LogP contribution in [-0.2, 0) is 11.2 Å². The smallest absolute Gasteiger partial charge is 0.251 e. The molecular formula is C20H27N3O2. The molecule has 1 saturated heterocycles. The number of likely N-dealkylation sites (tertiary alicyclic amines) is 1. The van der Waals surface area contributed by atoms with Crippen molar-refractivity contribution in [1.82, 2.24) is 10.2 Å². The molecule has 2 fully saturated rings. The van der Waals surface area contributed by atoms with E-state index < -0.39 is 0 Å². The van der Waals surface area contributed by atoms with E-state index in [1.807, 2.05) is 30.0 Å². The van der Waals surface area contributed by atoms with Crippen LogP contribution in [0.3, 0.4) is 0 Å². The van der Waals surface area contributed by atoms with Crippen molar-refractivity contribution in [1.29, 1.82) is 0 Å². The molecule has 0 aromatic heterocycles. The number of hydrogen-bond donors (Lipinski definition) is 1. The number of anilines is 1. The molecule has 1 atom stereocenters. The third kappa shape index (κ3) is 3.56. The monoisotopic (exact) mass is 341 g/mol. The number of carbonyl (C=O) groups is 2. The van der Waals surface area contributed by atoms with Crippen molar-refractivity contribution in [2.75, 3.05) is 31.1 Å². The fraction of sp³-hybridized carbons (Fsp3) is 0.600. The van der Waals surface area contributed by atoms with Crippen LogP contribution in [0, 0.1) is 5.92 Å².